The Morgan fingerprint density at radius 3 is 2.77 bits per heavy atom. The highest BCUT2D eigenvalue weighted by molar-refractivity contribution is 5.82. The molecule has 2 fully saturated rings. The normalized spacial score (nSPS) is 36.7. The van der Waals surface area contributed by atoms with E-state index in [1.54, 1.807) is 5.57 Å². The summed E-state index contributed by atoms with van der Waals surface area (Å²) in [6.07, 6.45) is 19.7. The number of hydrogen-bond acceptors (Lipinski definition) is 3. The molecule has 35 heavy (non-hydrogen) atoms. The predicted octanol–water partition coefficient (Wildman–Crippen LogP) is 7.62. The van der Waals surface area contributed by atoms with Gasteiger partial charge in [-0.05, 0) is 125 Å². The van der Waals surface area contributed by atoms with Crippen LogP contribution in [-0.2, 0) is 4.74 Å². The molecule has 1 N–H and O–H groups in total. The molecule has 1 saturated carbocycles. The zero-order valence-corrected chi connectivity index (χ0v) is 22.1. The first-order valence-corrected chi connectivity index (χ1v) is 14.0. The van der Waals surface area contributed by atoms with E-state index in [-0.39, 0.29) is 16.7 Å². The average Bonchev–Trinajstić information content (AvgIpc) is 3.17. The van der Waals surface area contributed by atoms with E-state index in [4.69, 9.17) is 4.74 Å². The summed E-state index contributed by atoms with van der Waals surface area (Å²) in [6, 6.07) is 9.68. The third-order valence-electron chi connectivity index (χ3n) is 9.42. The van der Waals surface area contributed by atoms with E-state index in [1.165, 1.54) is 66.9 Å². The number of aromatic nitrogens is 1. The van der Waals surface area contributed by atoms with Crippen LogP contribution in [0.4, 0.5) is 0 Å². The Kier molecular flexibility index (Phi) is 5.73. The highest BCUT2D eigenvalue weighted by atomic mass is 16.5. The molecule has 2 bridgehead atoms. The Labute approximate surface area is 211 Å². The van der Waals surface area contributed by atoms with Crippen LogP contribution in [0.25, 0.3) is 10.8 Å². The summed E-state index contributed by atoms with van der Waals surface area (Å²) in [5.41, 5.74) is 4.58. The number of nitrogens with one attached hydrogen (secondary N) is 1. The van der Waals surface area contributed by atoms with Gasteiger partial charge in [-0.15, -0.1) is 0 Å². The predicted molar refractivity (Wildman–Crippen MR) is 145 cm³/mol. The minimum Gasteiger partial charge on any atom is -0.359 e. The molecule has 3 nitrogen and oxygen atoms in total. The molecule has 0 amide bonds. The van der Waals surface area contributed by atoms with Crippen molar-refractivity contribution in [3.05, 3.63) is 65.5 Å². The monoisotopic (exact) mass is 470 g/mol. The molecule has 6 rings (SSSR count). The van der Waals surface area contributed by atoms with Gasteiger partial charge in [0, 0.05) is 29.4 Å². The highest BCUT2D eigenvalue weighted by Crippen LogP contribution is 2.59. The van der Waals surface area contributed by atoms with Crippen LogP contribution < -0.4 is 5.32 Å². The lowest BCUT2D eigenvalue weighted by molar-refractivity contribution is -0.111. The third kappa shape index (κ3) is 4.19. The second kappa shape index (κ2) is 8.56. The number of fused-ring (bicyclic) bond motifs is 1. The van der Waals surface area contributed by atoms with Gasteiger partial charge in [0.05, 0.1) is 11.2 Å². The molecular weight excluding hydrogens is 428 g/mol. The minimum atomic E-state index is -0.0880. The lowest BCUT2D eigenvalue weighted by Crippen LogP contribution is -2.53. The van der Waals surface area contributed by atoms with Crippen molar-refractivity contribution < 1.29 is 4.74 Å². The Hall–Kier alpha value is -1.97. The third-order valence-corrected chi connectivity index (χ3v) is 9.42. The average molecular weight is 471 g/mol. The number of allylic oxidation sites excluding steroid dienone is 1. The summed E-state index contributed by atoms with van der Waals surface area (Å²) in [5, 5.41) is 6.44. The maximum absolute atomic E-state index is 7.34. The van der Waals surface area contributed by atoms with Crippen LogP contribution in [0, 0.1) is 5.92 Å². The minimum absolute atomic E-state index is 0.0361. The molecule has 2 spiro atoms. The van der Waals surface area contributed by atoms with E-state index in [0.29, 0.717) is 17.9 Å². The first kappa shape index (κ1) is 23.4. The smallest absolute Gasteiger partial charge is 0.0966 e. The first-order chi connectivity index (χ1) is 16.8. The van der Waals surface area contributed by atoms with Crippen molar-refractivity contribution in [2.24, 2.45) is 5.92 Å². The number of pyridine rings is 1. The van der Waals surface area contributed by atoms with Crippen LogP contribution in [-0.4, -0.2) is 27.8 Å². The van der Waals surface area contributed by atoms with Gasteiger partial charge in [-0.1, -0.05) is 31.2 Å². The molecule has 2 aromatic rings. The quantitative estimate of drug-likeness (QED) is 0.490. The van der Waals surface area contributed by atoms with Crippen molar-refractivity contribution in [2.75, 3.05) is 0 Å². The highest BCUT2D eigenvalue weighted by Gasteiger charge is 2.59. The van der Waals surface area contributed by atoms with Crippen molar-refractivity contribution in [1.29, 1.82) is 0 Å². The maximum Gasteiger partial charge on any atom is 0.0966 e. The standard InChI is InChI=1S/C32H42N2O/c1-22-8-9-23(25-11-10-24-14-17-33-21-26(24)18-25)6-5-7-28-19-27-12-13-29(34-30(2,3)4)20-31(27)15-16-32(22,28)35-31/h7,10-11,14,17-19,21-23,29,34H,5-6,8-9,12-13,15-16,20H2,1-4H3/b28-7-/t22-,23+,29?,31+,32-/m0/s1. The molecule has 3 heterocycles. The molecule has 3 heteroatoms. The summed E-state index contributed by atoms with van der Waals surface area (Å²) in [4.78, 5) is 4.36. The summed E-state index contributed by atoms with van der Waals surface area (Å²) >= 11 is 0. The van der Waals surface area contributed by atoms with Crippen LogP contribution in [0.1, 0.15) is 97.0 Å². The molecule has 5 atom stereocenters. The zero-order chi connectivity index (χ0) is 24.3. The van der Waals surface area contributed by atoms with Gasteiger partial charge >= 0.3 is 0 Å². The molecular formula is C32H42N2O. The second-order valence-electron chi connectivity index (χ2n) is 12.9. The van der Waals surface area contributed by atoms with Crippen molar-refractivity contribution in [1.82, 2.24) is 10.3 Å². The van der Waals surface area contributed by atoms with E-state index < -0.39 is 0 Å². The number of nitrogens with zero attached hydrogens (tertiary/aromatic N) is 1. The van der Waals surface area contributed by atoms with Crippen LogP contribution in [0.15, 0.2) is 60.0 Å². The molecule has 4 aliphatic rings. The maximum atomic E-state index is 7.34. The van der Waals surface area contributed by atoms with E-state index in [0.717, 1.165) is 12.8 Å². The summed E-state index contributed by atoms with van der Waals surface area (Å²) in [5.74, 6) is 1.13. The van der Waals surface area contributed by atoms with Crippen LogP contribution in [0.5, 0.6) is 0 Å². The fraction of sp³-hybridized carbons (Fsp3) is 0.594. The first-order valence-electron chi connectivity index (χ1n) is 14.0. The summed E-state index contributed by atoms with van der Waals surface area (Å²) in [6.45, 7) is 9.33. The fourth-order valence-electron chi connectivity index (χ4n) is 7.67. The van der Waals surface area contributed by atoms with Gasteiger partial charge in [0.25, 0.3) is 0 Å². The molecule has 2 aliphatic carbocycles. The Morgan fingerprint density at radius 1 is 1.03 bits per heavy atom. The Balaban J connectivity index is 1.26. The fourth-order valence-corrected chi connectivity index (χ4v) is 7.67. The van der Waals surface area contributed by atoms with Crippen LogP contribution in [0.2, 0.25) is 0 Å². The topological polar surface area (TPSA) is 34.2 Å². The molecule has 186 valence electrons. The number of rotatable bonds is 2. The summed E-state index contributed by atoms with van der Waals surface area (Å²) in [7, 11) is 0. The number of benzene rings is 1. The second-order valence-corrected chi connectivity index (χ2v) is 12.9. The van der Waals surface area contributed by atoms with Crippen LogP contribution >= 0.6 is 0 Å². The summed E-state index contributed by atoms with van der Waals surface area (Å²) < 4.78 is 7.34. The van der Waals surface area contributed by atoms with Gasteiger partial charge in [0.1, 0.15) is 0 Å². The van der Waals surface area contributed by atoms with Crippen molar-refractivity contribution in [2.45, 2.75) is 114 Å². The number of ether oxygens (including phenoxy) is 1. The van der Waals surface area contributed by atoms with Gasteiger partial charge in [0.15, 0.2) is 0 Å². The molecule has 0 radical (unpaired) electrons. The largest absolute Gasteiger partial charge is 0.359 e. The van der Waals surface area contributed by atoms with Gasteiger partial charge in [-0.2, -0.15) is 0 Å². The van der Waals surface area contributed by atoms with Crippen molar-refractivity contribution >= 4 is 10.8 Å². The molecule has 1 aromatic carbocycles. The SMILES string of the molecule is C[C@H]1CC[C@H](c2ccc3ccncc3c2)CC/C=C2/C=C3CCC(NC(C)(C)C)C[C@]34CC[C@@]21O4. The molecule has 1 aromatic heterocycles. The van der Waals surface area contributed by atoms with Gasteiger partial charge in [0.2, 0.25) is 0 Å². The molecule has 2 aliphatic heterocycles. The van der Waals surface area contributed by atoms with E-state index in [1.807, 2.05) is 12.4 Å². The molecule has 1 unspecified atom stereocenters. The van der Waals surface area contributed by atoms with Gasteiger partial charge < -0.3 is 10.1 Å². The van der Waals surface area contributed by atoms with Crippen molar-refractivity contribution in [3.63, 3.8) is 0 Å². The lowest BCUT2D eigenvalue weighted by Gasteiger charge is -2.49. The van der Waals surface area contributed by atoms with Crippen molar-refractivity contribution in [3.8, 4) is 0 Å². The van der Waals surface area contributed by atoms with E-state index in [2.05, 4.69) is 74.4 Å². The van der Waals surface area contributed by atoms with Crippen LogP contribution in [0.3, 0.4) is 0 Å². The Bertz CT molecular complexity index is 1170. The van der Waals surface area contributed by atoms with E-state index >= 15 is 0 Å². The zero-order valence-electron chi connectivity index (χ0n) is 22.1. The lowest BCUT2D eigenvalue weighted by atomic mass is 9.74. The number of hydrogen-bond donors (Lipinski definition) is 1. The van der Waals surface area contributed by atoms with Gasteiger partial charge in [-0.3, -0.25) is 4.98 Å². The van der Waals surface area contributed by atoms with E-state index in [9.17, 15) is 0 Å². The Morgan fingerprint density at radius 2 is 1.91 bits per heavy atom. The molecule has 1 saturated heterocycles. The van der Waals surface area contributed by atoms with Gasteiger partial charge in [-0.25, -0.2) is 0 Å².